The minimum absolute atomic E-state index is 0.143. The first-order chi connectivity index (χ1) is 7.99. The molecule has 5 nitrogen and oxygen atoms in total. The Balaban J connectivity index is 2.48. The van der Waals surface area contributed by atoms with Crippen LogP contribution in [0.2, 0.25) is 0 Å². The van der Waals surface area contributed by atoms with Gasteiger partial charge < -0.3 is 9.80 Å². The predicted molar refractivity (Wildman–Crippen MR) is 68.0 cm³/mol. The lowest BCUT2D eigenvalue weighted by atomic mass is 10.2. The summed E-state index contributed by atoms with van der Waals surface area (Å²) in [4.78, 5) is 14.5. The van der Waals surface area contributed by atoms with Gasteiger partial charge in [0.05, 0.1) is 4.92 Å². The van der Waals surface area contributed by atoms with Gasteiger partial charge in [-0.1, -0.05) is 12.1 Å². The van der Waals surface area contributed by atoms with Crippen LogP contribution in [-0.2, 0) is 6.54 Å². The van der Waals surface area contributed by atoms with Crippen molar-refractivity contribution in [1.29, 1.82) is 0 Å². The van der Waals surface area contributed by atoms with Crippen molar-refractivity contribution in [3.8, 4) is 0 Å². The van der Waals surface area contributed by atoms with Crippen LogP contribution in [0.4, 0.5) is 5.69 Å². The average molecular weight is 237 g/mol. The molecule has 0 N–H and O–H groups in total. The molecule has 0 aliphatic carbocycles. The third-order valence-corrected chi connectivity index (χ3v) is 2.53. The molecule has 0 amide bonds. The van der Waals surface area contributed by atoms with Crippen LogP contribution in [-0.4, -0.2) is 49.0 Å². The van der Waals surface area contributed by atoms with Gasteiger partial charge in [0.15, 0.2) is 0 Å². The highest BCUT2D eigenvalue weighted by atomic mass is 16.6. The average Bonchev–Trinajstić information content (AvgIpc) is 2.27. The Morgan fingerprint density at radius 2 is 1.71 bits per heavy atom. The van der Waals surface area contributed by atoms with Crippen molar-refractivity contribution in [1.82, 2.24) is 9.80 Å². The van der Waals surface area contributed by atoms with Gasteiger partial charge in [-0.2, -0.15) is 0 Å². The molecule has 0 fully saturated rings. The molecule has 17 heavy (non-hydrogen) atoms. The first kappa shape index (κ1) is 13.6. The van der Waals surface area contributed by atoms with Crippen LogP contribution in [0.1, 0.15) is 5.56 Å². The van der Waals surface area contributed by atoms with Gasteiger partial charge >= 0.3 is 0 Å². The summed E-state index contributed by atoms with van der Waals surface area (Å²) in [5.74, 6) is 0. The van der Waals surface area contributed by atoms with Gasteiger partial charge in [-0.3, -0.25) is 10.1 Å². The zero-order chi connectivity index (χ0) is 12.8. The maximum Gasteiger partial charge on any atom is 0.269 e. The fraction of sp³-hybridized carbons (Fsp3) is 0.500. The molecule has 94 valence electrons. The van der Waals surface area contributed by atoms with Crippen molar-refractivity contribution in [3.05, 3.63) is 39.9 Å². The molecule has 5 heteroatoms. The molecule has 1 aromatic carbocycles. The van der Waals surface area contributed by atoms with Crippen molar-refractivity contribution in [2.24, 2.45) is 0 Å². The molecule has 0 aliphatic rings. The summed E-state index contributed by atoms with van der Waals surface area (Å²) in [6.45, 7) is 2.79. The largest absolute Gasteiger partial charge is 0.308 e. The predicted octanol–water partition coefficient (Wildman–Crippen LogP) is 1.59. The number of benzene rings is 1. The molecule has 0 bridgehead atoms. The topological polar surface area (TPSA) is 49.6 Å². The fourth-order valence-corrected chi connectivity index (χ4v) is 1.48. The summed E-state index contributed by atoms with van der Waals surface area (Å²) < 4.78 is 0. The van der Waals surface area contributed by atoms with Crippen molar-refractivity contribution in [2.45, 2.75) is 6.54 Å². The minimum atomic E-state index is -0.375. The summed E-state index contributed by atoms with van der Waals surface area (Å²) in [5, 5.41) is 10.5. The maximum atomic E-state index is 10.5. The second kappa shape index (κ2) is 6.32. The first-order valence-corrected chi connectivity index (χ1v) is 5.55. The number of likely N-dealkylation sites (N-methyl/N-ethyl adjacent to an activating group) is 2. The van der Waals surface area contributed by atoms with Crippen LogP contribution in [0.15, 0.2) is 24.3 Å². The Labute approximate surface area is 102 Å². The number of nitrogens with zero attached hydrogens (tertiary/aromatic N) is 3. The van der Waals surface area contributed by atoms with Gasteiger partial charge in [0.1, 0.15) is 0 Å². The smallest absolute Gasteiger partial charge is 0.269 e. The molecule has 0 saturated heterocycles. The number of rotatable bonds is 6. The summed E-state index contributed by atoms with van der Waals surface area (Å²) >= 11 is 0. The summed E-state index contributed by atoms with van der Waals surface area (Å²) in [7, 11) is 6.13. The monoisotopic (exact) mass is 237 g/mol. The first-order valence-electron chi connectivity index (χ1n) is 5.55. The lowest BCUT2D eigenvalue weighted by molar-refractivity contribution is -0.384. The summed E-state index contributed by atoms with van der Waals surface area (Å²) in [5.41, 5.74) is 1.24. The van der Waals surface area contributed by atoms with E-state index in [0.717, 1.165) is 25.2 Å². The van der Waals surface area contributed by atoms with Gasteiger partial charge in [0.2, 0.25) is 0 Å². The van der Waals surface area contributed by atoms with Crippen molar-refractivity contribution in [2.75, 3.05) is 34.2 Å². The van der Waals surface area contributed by atoms with E-state index in [1.807, 2.05) is 33.3 Å². The molecule has 0 atom stereocenters. The molecule has 1 aromatic rings. The third kappa shape index (κ3) is 4.93. The second-order valence-corrected chi connectivity index (χ2v) is 4.46. The Hall–Kier alpha value is -1.46. The van der Waals surface area contributed by atoms with Gasteiger partial charge in [-0.05, 0) is 26.7 Å². The lowest BCUT2D eigenvalue weighted by Crippen LogP contribution is -2.28. The van der Waals surface area contributed by atoms with Gasteiger partial charge in [0.25, 0.3) is 5.69 Å². The highest BCUT2D eigenvalue weighted by Gasteiger charge is 2.05. The van der Waals surface area contributed by atoms with E-state index in [1.165, 1.54) is 0 Å². The molecule has 1 rings (SSSR count). The SMILES string of the molecule is CN(C)CCN(C)Cc1ccc([N+](=O)[O-])cc1. The Morgan fingerprint density at radius 1 is 1.12 bits per heavy atom. The van der Waals surface area contributed by atoms with Gasteiger partial charge in [0, 0.05) is 31.8 Å². The molecule has 0 radical (unpaired) electrons. The Kier molecular flexibility index (Phi) is 5.06. The summed E-state index contributed by atoms with van der Waals surface area (Å²) in [6.07, 6.45) is 0. The van der Waals surface area contributed by atoms with Crippen molar-refractivity contribution < 1.29 is 4.92 Å². The number of nitro benzene ring substituents is 1. The van der Waals surface area contributed by atoms with Crippen LogP contribution in [0.5, 0.6) is 0 Å². The molecule has 0 unspecified atom stereocenters. The zero-order valence-electron chi connectivity index (χ0n) is 10.6. The molecule has 0 spiro atoms. The fourth-order valence-electron chi connectivity index (χ4n) is 1.48. The highest BCUT2D eigenvalue weighted by Crippen LogP contribution is 2.12. The van der Waals surface area contributed by atoms with Crippen LogP contribution < -0.4 is 0 Å². The van der Waals surface area contributed by atoms with E-state index in [-0.39, 0.29) is 10.6 Å². The van der Waals surface area contributed by atoms with Crippen LogP contribution >= 0.6 is 0 Å². The number of hydrogen-bond donors (Lipinski definition) is 0. The van der Waals surface area contributed by atoms with Crippen molar-refractivity contribution in [3.63, 3.8) is 0 Å². The quantitative estimate of drug-likeness (QED) is 0.557. The Morgan fingerprint density at radius 3 is 2.18 bits per heavy atom. The highest BCUT2D eigenvalue weighted by molar-refractivity contribution is 5.32. The van der Waals surface area contributed by atoms with E-state index >= 15 is 0 Å². The zero-order valence-corrected chi connectivity index (χ0v) is 10.6. The van der Waals surface area contributed by atoms with E-state index in [1.54, 1.807) is 12.1 Å². The van der Waals surface area contributed by atoms with E-state index in [2.05, 4.69) is 9.80 Å². The van der Waals surface area contributed by atoms with E-state index in [0.29, 0.717) is 0 Å². The van der Waals surface area contributed by atoms with Crippen LogP contribution in [0, 0.1) is 10.1 Å². The lowest BCUT2D eigenvalue weighted by Gasteiger charge is -2.19. The molecular weight excluding hydrogens is 218 g/mol. The minimum Gasteiger partial charge on any atom is -0.308 e. The number of non-ortho nitro benzene ring substituents is 1. The van der Waals surface area contributed by atoms with E-state index in [9.17, 15) is 10.1 Å². The summed E-state index contributed by atoms with van der Waals surface area (Å²) in [6, 6.07) is 6.72. The second-order valence-electron chi connectivity index (χ2n) is 4.46. The standard InChI is InChI=1S/C12H19N3O2/c1-13(2)8-9-14(3)10-11-4-6-12(7-5-11)15(16)17/h4-7H,8-10H2,1-3H3. The van der Waals surface area contributed by atoms with E-state index in [4.69, 9.17) is 0 Å². The number of hydrogen-bond acceptors (Lipinski definition) is 4. The van der Waals surface area contributed by atoms with Crippen LogP contribution in [0.25, 0.3) is 0 Å². The Bertz CT molecular complexity index is 363. The van der Waals surface area contributed by atoms with E-state index < -0.39 is 0 Å². The normalized spacial score (nSPS) is 11.1. The number of nitro groups is 1. The molecular formula is C12H19N3O2. The maximum absolute atomic E-state index is 10.5. The molecule has 0 aliphatic heterocycles. The van der Waals surface area contributed by atoms with Gasteiger partial charge in [-0.15, -0.1) is 0 Å². The van der Waals surface area contributed by atoms with Crippen molar-refractivity contribution >= 4 is 5.69 Å². The molecule has 0 aromatic heterocycles. The molecule has 0 saturated carbocycles. The molecule has 0 heterocycles. The van der Waals surface area contributed by atoms with Gasteiger partial charge in [-0.25, -0.2) is 0 Å². The van der Waals surface area contributed by atoms with Crippen LogP contribution in [0.3, 0.4) is 0 Å². The third-order valence-electron chi connectivity index (χ3n) is 2.53.